The van der Waals surface area contributed by atoms with Gasteiger partial charge in [-0.2, -0.15) is 0 Å². The van der Waals surface area contributed by atoms with Crippen molar-refractivity contribution in [2.45, 2.75) is 41.9 Å². The molecule has 0 atom stereocenters. The highest BCUT2D eigenvalue weighted by Gasteiger charge is 2.17. The van der Waals surface area contributed by atoms with Gasteiger partial charge in [-0.3, -0.25) is 4.79 Å². The lowest BCUT2D eigenvalue weighted by atomic mass is 9.92. The summed E-state index contributed by atoms with van der Waals surface area (Å²) in [5.41, 5.74) is 2.38. The van der Waals surface area contributed by atoms with Crippen LogP contribution in [0.1, 0.15) is 30.4 Å². The van der Waals surface area contributed by atoms with Crippen LogP contribution >= 0.6 is 11.8 Å². The number of hydrogen-bond acceptors (Lipinski definition) is 4. The zero-order chi connectivity index (χ0) is 19.8. The van der Waals surface area contributed by atoms with Crippen LogP contribution in [0.15, 0.2) is 58.3 Å². The molecule has 1 amide bonds. The van der Waals surface area contributed by atoms with Crippen LogP contribution in [0.4, 0.5) is 0 Å². The number of rotatable bonds is 9. The van der Waals surface area contributed by atoms with Gasteiger partial charge < -0.3 is 5.32 Å². The van der Waals surface area contributed by atoms with Gasteiger partial charge in [0, 0.05) is 30.2 Å². The summed E-state index contributed by atoms with van der Waals surface area (Å²) in [4.78, 5) is 13.4. The molecule has 1 aliphatic carbocycles. The number of fused-ring (bicyclic) bond motifs is 1. The minimum Gasteiger partial charge on any atom is -0.355 e. The van der Waals surface area contributed by atoms with Crippen LogP contribution in [-0.4, -0.2) is 33.2 Å². The Labute approximate surface area is 171 Å². The van der Waals surface area contributed by atoms with E-state index >= 15 is 0 Å². The normalized spacial score (nSPS) is 13.7. The van der Waals surface area contributed by atoms with Crippen LogP contribution in [0.25, 0.3) is 0 Å². The summed E-state index contributed by atoms with van der Waals surface area (Å²) < 4.78 is 27.5. The molecule has 0 spiro atoms. The summed E-state index contributed by atoms with van der Waals surface area (Å²) in [6, 6.07) is 15.3. The van der Waals surface area contributed by atoms with Gasteiger partial charge in [0.15, 0.2) is 0 Å². The maximum Gasteiger partial charge on any atom is 0.240 e. The van der Waals surface area contributed by atoms with E-state index in [9.17, 15) is 13.2 Å². The molecule has 150 valence electrons. The van der Waals surface area contributed by atoms with Crippen LogP contribution in [-0.2, 0) is 27.7 Å². The van der Waals surface area contributed by atoms with Gasteiger partial charge in [0.1, 0.15) is 0 Å². The number of carbonyl (C=O) groups excluding carboxylic acids is 1. The van der Waals surface area contributed by atoms with Gasteiger partial charge in [0.25, 0.3) is 0 Å². The topological polar surface area (TPSA) is 75.3 Å². The van der Waals surface area contributed by atoms with Crippen molar-refractivity contribution in [3.05, 3.63) is 59.7 Å². The molecule has 5 nitrogen and oxygen atoms in total. The largest absolute Gasteiger partial charge is 0.355 e. The van der Waals surface area contributed by atoms with Crippen molar-refractivity contribution in [2.24, 2.45) is 0 Å². The number of nitrogens with one attached hydrogen (secondary N) is 2. The summed E-state index contributed by atoms with van der Waals surface area (Å²) in [5.74, 6) is 0.623. The molecule has 0 bridgehead atoms. The van der Waals surface area contributed by atoms with Crippen LogP contribution in [0.5, 0.6) is 0 Å². The average molecular weight is 419 g/mol. The van der Waals surface area contributed by atoms with Crippen molar-refractivity contribution in [1.29, 1.82) is 0 Å². The highest BCUT2D eigenvalue weighted by molar-refractivity contribution is 7.99. The van der Waals surface area contributed by atoms with E-state index in [-0.39, 0.29) is 23.8 Å². The molecular formula is C21H26N2O3S2. The van der Waals surface area contributed by atoms with E-state index in [2.05, 4.69) is 10.0 Å². The zero-order valence-corrected chi connectivity index (χ0v) is 17.4. The number of amides is 1. The van der Waals surface area contributed by atoms with Gasteiger partial charge in [-0.1, -0.05) is 24.3 Å². The molecule has 0 fully saturated rings. The molecule has 0 unspecified atom stereocenters. The smallest absolute Gasteiger partial charge is 0.240 e. The van der Waals surface area contributed by atoms with Gasteiger partial charge >= 0.3 is 0 Å². The molecule has 0 heterocycles. The van der Waals surface area contributed by atoms with E-state index in [1.165, 1.54) is 5.56 Å². The fraction of sp³-hybridized carbons (Fsp3) is 0.381. The van der Waals surface area contributed by atoms with E-state index in [1.54, 1.807) is 23.9 Å². The van der Waals surface area contributed by atoms with Crippen LogP contribution in [0.3, 0.4) is 0 Å². The summed E-state index contributed by atoms with van der Waals surface area (Å²) in [6.07, 6.45) is 4.34. The number of sulfonamides is 1. The van der Waals surface area contributed by atoms with Crippen LogP contribution < -0.4 is 10.0 Å². The Hall–Kier alpha value is -1.83. The van der Waals surface area contributed by atoms with Crippen molar-refractivity contribution >= 4 is 27.7 Å². The number of carbonyl (C=O) groups is 1. The Balaban J connectivity index is 1.39. The number of benzene rings is 2. The highest BCUT2D eigenvalue weighted by atomic mass is 32.2. The summed E-state index contributed by atoms with van der Waals surface area (Å²) in [5, 5.41) is 2.83. The van der Waals surface area contributed by atoms with Crippen LogP contribution in [0.2, 0.25) is 0 Å². The first-order valence-corrected chi connectivity index (χ1v) is 12.1. The summed E-state index contributed by atoms with van der Waals surface area (Å²) in [6.45, 7) is 0.646. The van der Waals surface area contributed by atoms with E-state index in [0.717, 1.165) is 41.9 Å². The van der Waals surface area contributed by atoms with E-state index < -0.39 is 10.0 Å². The minimum atomic E-state index is -3.58. The lowest BCUT2D eigenvalue weighted by molar-refractivity contribution is -0.120. The van der Waals surface area contributed by atoms with Crippen molar-refractivity contribution in [1.82, 2.24) is 10.0 Å². The summed E-state index contributed by atoms with van der Waals surface area (Å²) >= 11 is 1.67. The predicted molar refractivity (Wildman–Crippen MR) is 113 cm³/mol. The molecule has 0 radical (unpaired) electrons. The molecule has 0 aliphatic heterocycles. The van der Waals surface area contributed by atoms with Crippen molar-refractivity contribution < 1.29 is 13.2 Å². The van der Waals surface area contributed by atoms with Gasteiger partial charge in [0.2, 0.25) is 15.9 Å². The van der Waals surface area contributed by atoms with Gasteiger partial charge in [-0.25, -0.2) is 13.1 Å². The predicted octanol–water partition coefficient (Wildman–Crippen LogP) is 3.14. The van der Waals surface area contributed by atoms with E-state index in [1.807, 2.05) is 36.4 Å². The zero-order valence-electron chi connectivity index (χ0n) is 15.8. The Morgan fingerprint density at radius 2 is 1.71 bits per heavy atom. The Bertz CT molecular complexity index is 899. The van der Waals surface area contributed by atoms with E-state index in [4.69, 9.17) is 0 Å². The monoisotopic (exact) mass is 418 g/mol. The third kappa shape index (κ3) is 6.09. The maximum atomic E-state index is 12.5. The SMILES string of the molecule is O=C(CCNS(=O)(=O)c1ccc2c(c1)CCCC2)NCCSc1ccccc1. The number of hydrogen-bond donors (Lipinski definition) is 2. The molecule has 0 saturated carbocycles. The van der Waals surface area contributed by atoms with Crippen molar-refractivity contribution in [3.8, 4) is 0 Å². The molecule has 2 N–H and O–H groups in total. The maximum absolute atomic E-state index is 12.5. The first-order valence-electron chi connectivity index (χ1n) is 9.60. The minimum absolute atomic E-state index is 0.0943. The molecule has 1 aliphatic rings. The Morgan fingerprint density at radius 3 is 2.50 bits per heavy atom. The van der Waals surface area contributed by atoms with Crippen LogP contribution in [0, 0.1) is 0 Å². The fourth-order valence-corrected chi connectivity index (χ4v) is 5.10. The second-order valence-electron chi connectivity index (χ2n) is 6.80. The molecular weight excluding hydrogens is 392 g/mol. The quantitative estimate of drug-likeness (QED) is 0.485. The Morgan fingerprint density at radius 1 is 0.964 bits per heavy atom. The highest BCUT2D eigenvalue weighted by Crippen LogP contribution is 2.24. The third-order valence-electron chi connectivity index (χ3n) is 4.71. The first kappa shape index (κ1) is 20.9. The van der Waals surface area contributed by atoms with Crippen molar-refractivity contribution in [2.75, 3.05) is 18.8 Å². The molecule has 3 rings (SSSR count). The lowest BCUT2D eigenvalue weighted by Crippen LogP contribution is -2.31. The molecule has 0 aromatic heterocycles. The third-order valence-corrected chi connectivity index (χ3v) is 7.18. The lowest BCUT2D eigenvalue weighted by Gasteiger charge is -2.16. The molecule has 0 saturated heterocycles. The Kier molecular flexibility index (Phi) is 7.53. The number of thioether (sulfide) groups is 1. The molecule has 2 aromatic carbocycles. The second-order valence-corrected chi connectivity index (χ2v) is 9.73. The summed E-state index contributed by atoms with van der Waals surface area (Å²) in [7, 11) is -3.58. The van der Waals surface area contributed by atoms with Gasteiger partial charge in [-0.05, 0) is 61.1 Å². The van der Waals surface area contributed by atoms with Gasteiger partial charge in [-0.15, -0.1) is 11.8 Å². The molecule has 2 aromatic rings. The standard InChI is InChI=1S/C21H26N2O3S2/c24-21(22-14-15-27-19-8-2-1-3-9-19)12-13-23-28(25,26)20-11-10-17-6-4-5-7-18(17)16-20/h1-3,8-11,16,23H,4-7,12-15H2,(H,22,24). The molecule has 28 heavy (non-hydrogen) atoms. The van der Waals surface area contributed by atoms with E-state index in [0.29, 0.717) is 6.54 Å². The number of aryl methyl sites for hydroxylation is 2. The second kappa shape index (κ2) is 10.1. The first-order chi connectivity index (χ1) is 13.5. The van der Waals surface area contributed by atoms with Gasteiger partial charge in [0.05, 0.1) is 4.90 Å². The van der Waals surface area contributed by atoms with Crippen molar-refractivity contribution in [3.63, 3.8) is 0 Å². The average Bonchev–Trinajstić information content (AvgIpc) is 2.71. The fourth-order valence-electron chi connectivity index (χ4n) is 3.22. The molecule has 7 heteroatoms.